The van der Waals surface area contributed by atoms with Crippen LogP contribution in [0.25, 0.3) is 10.9 Å². The molecule has 1 aromatic carbocycles. The number of hydrogen-bond donors (Lipinski definition) is 1. The van der Waals surface area contributed by atoms with Gasteiger partial charge in [0.25, 0.3) is 5.91 Å². The number of fused-ring (bicyclic) bond motifs is 1. The summed E-state index contributed by atoms with van der Waals surface area (Å²) in [4.78, 5) is 12.7. The smallest absolute Gasteiger partial charge is 0.268 e. The predicted octanol–water partition coefficient (Wildman–Crippen LogP) is 3.12. The average Bonchev–Trinajstić information content (AvgIpc) is 3.00. The van der Waals surface area contributed by atoms with Crippen LogP contribution in [0.2, 0.25) is 0 Å². The van der Waals surface area contributed by atoms with Crippen molar-refractivity contribution < 1.29 is 4.79 Å². The van der Waals surface area contributed by atoms with Crippen LogP contribution in [0.5, 0.6) is 0 Å². The summed E-state index contributed by atoms with van der Waals surface area (Å²) >= 11 is 0. The second-order valence-corrected chi connectivity index (χ2v) is 6.59. The molecule has 0 bridgehead atoms. The number of benzene rings is 1. The molecule has 0 aliphatic rings. The maximum atomic E-state index is 12.7. The van der Waals surface area contributed by atoms with E-state index < -0.39 is 0 Å². The minimum Gasteiger partial charge on any atom is -0.346 e. The van der Waals surface area contributed by atoms with Gasteiger partial charge in [-0.05, 0) is 45.4 Å². The van der Waals surface area contributed by atoms with Gasteiger partial charge in [-0.3, -0.25) is 9.48 Å². The zero-order valence-electron chi connectivity index (χ0n) is 14.9. The molecule has 24 heavy (non-hydrogen) atoms. The summed E-state index contributed by atoms with van der Waals surface area (Å²) in [5, 5.41) is 8.63. The molecule has 5 nitrogen and oxygen atoms in total. The fraction of sp³-hybridized carbons (Fsp3) is 0.368. The zero-order valence-corrected chi connectivity index (χ0v) is 14.9. The van der Waals surface area contributed by atoms with Crippen LogP contribution in [0, 0.1) is 20.8 Å². The van der Waals surface area contributed by atoms with Crippen molar-refractivity contribution in [2.45, 2.75) is 40.3 Å². The van der Waals surface area contributed by atoms with E-state index in [4.69, 9.17) is 0 Å². The fourth-order valence-electron chi connectivity index (χ4n) is 3.30. The molecule has 126 valence electrons. The van der Waals surface area contributed by atoms with Crippen LogP contribution in [0.4, 0.5) is 0 Å². The number of hydrogen-bond acceptors (Lipinski definition) is 2. The number of aryl methyl sites for hydroxylation is 4. The second kappa shape index (κ2) is 6.15. The van der Waals surface area contributed by atoms with Gasteiger partial charge in [0.15, 0.2) is 0 Å². The van der Waals surface area contributed by atoms with E-state index in [9.17, 15) is 4.79 Å². The quantitative estimate of drug-likeness (QED) is 0.801. The Morgan fingerprint density at radius 2 is 2.00 bits per heavy atom. The first-order valence-corrected chi connectivity index (χ1v) is 8.23. The van der Waals surface area contributed by atoms with Gasteiger partial charge in [0.1, 0.15) is 5.69 Å². The van der Waals surface area contributed by atoms with Crippen molar-refractivity contribution in [3.8, 4) is 0 Å². The molecule has 3 aromatic rings. The minimum absolute atomic E-state index is 0.00499. The highest BCUT2D eigenvalue weighted by molar-refractivity contribution is 5.99. The highest BCUT2D eigenvalue weighted by Gasteiger charge is 2.17. The van der Waals surface area contributed by atoms with Crippen LogP contribution >= 0.6 is 0 Å². The summed E-state index contributed by atoms with van der Waals surface area (Å²) in [6, 6.07) is 10.1. The lowest BCUT2D eigenvalue weighted by Crippen LogP contribution is -2.37. The first-order valence-electron chi connectivity index (χ1n) is 8.23. The molecule has 0 spiro atoms. The second-order valence-electron chi connectivity index (χ2n) is 6.59. The van der Waals surface area contributed by atoms with E-state index in [-0.39, 0.29) is 11.9 Å². The third-order valence-corrected chi connectivity index (χ3v) is 4.42. The number of carbonyl (C=O) groups excluding carboxylic acids is 1. The summed E-state index contributed by atoms with van der Waals surface area (Å²) in [5.74, 6) is -0.0536. The number of rotatable bonds is 4. The fourth-order valence-corrected chi connectivity index (χ4v) is 3.30. The maximum Gasteiger partial charge on any atom is 0.268 e. The van der Waals surface area contributed by atoms with Crippen molar-refractivity contribution >= 4 is 16.8 Å². The molecule has 1 N–H and O–H groups in total. The molecule has 2 heterocycles. The van der Waals surface area contributed by atoms with Gasteiger partial charge in [0.05, 0.1) is 17.8 Å². The van der Waals surface area contributed by atoms with Crippen molar-refractivity contribution in [2.24, 2.45) is 7.05 Å². The Bertz CT molecular complexity index is 904. The van der Waals surface area contributed by atoms with Crippen LogP contribution < -0.4 is 5.32 Å². The first kappa shape index (κ1) is 16.3. The average molecular weight is 324 g/mol. The minimum atomic E-state index is -0.0536. The SMILES string of the molecule is Cc1cc(C)n(C[C@@H](C)NC(=O)c2cc3cccc(C)c3n2C)n1. The Morgan fingerprint density at radius 3 is 2.62 bits per heavy atom. The number of para-hydroxylation sites is 1. The van der Waals surface area contributed by atoms with Gasteiger partial charge in [-0.1, -0.05) is 18.2 Å². The van der Waals surface area contributed by atoms with Crippen LogP contribution in [0.1, 0.15) is 34.4 Å². The number of amides is 1. The highest BCUT2D eigenvalue weighted by atomic mass is 16.2. The van der Waals surface area contributed by atoms with E-state index in [1.54, 1.807) is 0 Å². The van der Waals surface area contributed by atoms with Crippen molar-refractivity contribution in [2.75, 3.05) is 0 Å². The Balaban J connectivity index is 1.78. The Morgan fingerprint density at radius 1 is 1.25 bits per heavy atom. The van der Waals surface area contributed by atoms with Crippen LogP contribution in [-0.2, 0) is 13.6 Å². The Labute approximate surface area is 142 Å². The lowest BCUT2D eigenvalue weighted by molar-refractivity contribution is 0.0928. The molecule has 0 saturated heterocycles. The van der Waals surface area contributed by atoms with Gasteiger partial charge in [0, 0.05) is 24.2 Å². The highest BCUT2D eigenvalue weighted by Crippen LogP contribution is 2.22. The van der Waals surface area contributed by atoms with Gasteiger partial charge in [-0.15, -0.1) is 0 Å². The van der Waals surface area contributed by atoms with Crippen LogP contribution in [-0.4, -0.2) is 26.3 Å². The molecule has 0 unspecified atom stereocenters. The third-order valence-electron chi connectivity index (χ3n) is 4.42. The van der Waals surface area contributed by atoms with E-state index in [1.165, 1.54) is 5.56 Å². The van der Waals surface area contributed by atoms with Crippen LogP contribution in [0.15, 0.2) is 30.3 Å². The molecule has 5 heteroatoms. The first-order chi connectivity index (χ1) is 11.4. The number of aromatic nitrogens is 3. The summed E-state index contributed by atoms with van der Waals surface area (Å²) in [5.41, 5.74) is 5.06. The van der Waals surface area contributed by atoms with E-state index >= 15 is 0 Å². The molecule has 1 amide bonds. The zero-order chi connectivity index (χ0) is 17.4. The van der Waals surface area contributed by atoms with E-state index in [0.29, 0.717) is 12.2 Å². The molecular formula is C19H24N4O. The van der Waals surface area contributed by atoms with Crippen molar-refractivity contribution in [3.63, 3.8) is 0 Å². The molecule has 0 fully saturated rings. The summed E-state index contributed by atoms with van der Waals surface area (Å²) in [6.07, 6.45) is 0. The summed E-state index contributed by atoms with van der Waals surface area (Å²) in [6.45, 7) is 8.73. The van der Waals surface area contributed by atoms with Gasteiger partial charge in [0.2, 0.25) is 0 Å². The molecule has 1 atom stereocenters. The molecule has 0 aliphatic heterocycles. The maximum absolute atomic E-state index is 12.7. The Kier molecular flexibility index (Phi) is 4.18. The molecule has 2 aromatic heterocycles. The predicted molar refractivity (Wildman–Crippen MR) is 96.3 cm³/mol. The largest absolute Gasteiger partial charge is 0.346 e. The van der Waals surface area contributed by atoms with Crippen molar-refractivity contribution in [1.29, 1.82) is 0 Å². The number of carbonyl (C=O) groups is 1. The molecule has 3 rings (SSSR count). The van der Waals surface area contributed by atoms with Gasteiger partial charge in [-0.25, -0.2) is 0 Å². The van der Waals surface area contributed by atoms with E-state index in [2.05, 4.69) is 23.4 Å². The summed E-state index contributed by atoms with van der Waals surface area (Å²) in [7, 11) is 1.94. The van der Waals surface area contributed by atoms with Crippen molar-refractivity contribution in [3.05, 3.63) is 53.0 Å². The topological polar surface area (TPSA) is 51.9 Å². The summed E-state index contributed by atoms with van der Waals surface area (Å²) < 4.78 is 3.90. The van der Waals surface area contributed by atoms with Crippen molar-refractivity contribution in [1.82, 2.24) is 19.7 Å². The van der Waals surface area contributed by atoms with E-state index in [1.807, 2.05) is 61.3 Å². The van der Waals surface area contributed by atoms with E-state index in [0.717, 1.165) is 22.3 Å². The number of nitrogens with one attached hydrogen (secondary N) is 1. The normalized spacial score (nSPS) is 12.5. The molecule has 0 aliphatic carbocycles. The monoisotopic (exact) mass is 324 g/mol. The molecular weight excluding hydrogens is 300 g/mol. The third kappa shape index (κ3) is 2.94. The standard InChI is InChI=1S/C19H24N4O/c1-12-7-6-8-16-10-17(22(5)18(12)16)19(24)20-14(3)11-23-15(4)9-13(2)21-23/h6-10,14H,11H2,1-5H3,(H,20,24)/t14-/m1/s1. The van der Waals surface area contributed by atoms with Crippen LogP contribution in [0.3, 0.4) is 0 Å². The van der Waals surface area contributed by atoms with Gasteiger partial charge in [-0.2, -0.15) is 5.10 Å². The molecule has 0 saturated carbocycles. The number of nitrogens with zero attached hydrogens (tertiary/aromatic N) is 3. The molecule has 0 radical (unpaired) electrons. The lowest BCUT2D eigenvalue weighted by Gasteiger charge is -2.15. The van der Waals surface area contributed by atoms with Gasteiger partial charge < -0.3 is 9.88 Å². The Hall–Kier alpha value is -2.56. The lowest BCUT2D eigenvalue weighted by atomic mass is 10.2. The van der Waals surface area contributed by atoms with Gasteiger partial charge >= 0.3 is 0 Å².